The van der Waals surface area contributed by atoms with Gasteiger partial charge in [0.05, 0.1) is 5.69 Å². The molecule has 0 amide bonds. The van der Waals surface area contributed by atoms with Gasteiger partial charge in [0, 0.05) is 23.4 Å². The average Bonchev–Trinajstić information content (AvgIpc) is 2.88. The molecule has 2 aliphatic rings. The van der Waals surface area contributed by atoms with Gasteiger partial charge in [0.15, 0.2) is 0 Å². The molecule has 0 radical (unpaired) electrons. The lowest BCUT2D eigenvalue weighted by Crippen LogP contribution is -2.41. The molecule has 1 saturated heterocycles. The molecule has 1 aromatic carbocycles. The van der Waals surface area contributed by atoms with Crippen molar-refractivity contribution in [2.75, 3.05) is 20.1 Å². The predicted molar refractivity (Wildman–Crippen MR) is 80.5 cm³/mol. The van der Waals surface area contributed by atoms with Crippen LogP contribution >= 0.6 is 0 Å². The molecule has 0 bridgehead atoms. The third-order valence-electron chi connectivity index (χ3n) is 5.03. The lowest BCUT2D eigenvalue weighted by Gasteiger charge is -2.39. The Balaban J connectivity index is 1.69. The molecule has 1 aliphatic heterocycles. The zero-order valence-electron chi connectivity index (χ0n) is 12.0. The number of benzene rings is 1. The van der Waals surface area contributed by atoms with Crippen LogP contribution in [-0.4, -0.2) is 35.2 Å². The van der Waals surface area contributed by atoms with Crippen molar-refractivity contribution in [1.29, 1.82) is 0 Å². The molecule has 2 aromatic rings. The number of aromatic nitrogens is 2. The van der Waals surface area contributed by atoms with Crippen molar-refractivity contribution < 1.29 is 0 Å². The first-order valence-corrected chi connectivity index (χ1v) is 7.61. The lowest BCUT2D eigenvalue weighted by molar-refractivity contribution is 0.134. The summed E-state index contributed by atoms with van der Waals surface area (Å²) in [5, 5.41) is 7.91. The Morgan fingerprint density at radius 2 is 2.00 bits per heavy atom. The number of aromatic amines is 1. The summed E-state index contributed by atoms with van der Waals surface area (Å²) >= 11 is 0. The standard InChI is InChI=1S/C17H21N3/c1-20-8-7-13-10-16-15(9-14(13)11-20)17(19-18-16)12-5-3-2-4-6-12/h2-6,13-14H,7-11H2,1H3,(H,18,19)/t13-,14-/m0/s1. The van der Waals surface area contributed by atoms with Gasteiger partial charge in [0.2, 0.25) is 0 Å². The van der Waals surface area contributed by atoms with Crippen LogP contribution in [0.3, 0.4) is 0 Å². The molecule has 0 saturated carbocycles. The summed E-state index contributed by atoms with van der Waals surface area (Å²) in [4.78, 5) is 2.48. The molecule has 2 atom stereocenters. The number of rotatable bonds is 1. The molecular weight excluding hydrogens is 246 g/mol. The SMILES string of the molecule is CN1CC[C@H]2Cc3[nH]nc(-c4ccccc4)c3C[C@H]2C1. The number of likely N-dealkylation sites (tertiary alicyclic amines) is 1. The van der Waals surface area contributed by atoms with Gasteiger partial charge >= 0.3 is 0 Å². The maximum atomic E-state index is 4.61. The highest BCUT2D eigenvalue weighted by Crippen LogP contribution is 2.38. The molecule has 3 heteroatoms. The molecular formula is C17H21N3. The molecule has 1 aliphatic carbocycles. The minimum absolute atomic E-state index is 0.807. The second kappa shape index (κ2) is 4.74. The molecule has 20 heavy (non-hydrogen) atoms. The molecule has 3 nitrogen and oxygen atoms in total. The van der Waals surface area contributed by atoms with Crippen LogP contribution in [0.5, 0.6) is 0 Å². The Morgan fingerprint density at radius 3 is 2.85 bits per heavy atom. The van der Waals surface area contributed by atoms with E-state index < -0.39 is 0 Å². The minimum Gasteiger partial charge on any atom is -0.306 e. The normalized spacial score (nSPS) is 26.1. The van der Waals surface area contributed by atoms with Crippen molar-refractivity contribution in [2.45, 2.75) is 19.3 Å². The van der Waals surface area contributed by atoms with E-state index in [2.05, 4.69) is 52.5 Å². The molecule has 1 N–H and O–H groups in total. The fraction of sp³-hybridized carbons (Fsp3) is 0.471. The van der Waals surface area contributed by atoms with E-state index in [4.69, 9.17) is 0 Å². The van der Waals surface area contributed by atoms with Crippen molar-refractivity contribution in [2.24, 2.45) is 11.8 Å². The van der Waals surface area contributed by atoms with Gasteiger partial charge in [0.1, 0.15) is 0 Å². The first kappa shape index (κ1) is 12.2. The molecule has 2 heterocycles. The Morgan fingerprint density at radius 1 is 1.15 bits per heavy atom. The summed E-state index contributed by atoms with van der Waals surface area (Å²) in [6.45, 7) is 2.49. The van der Waals surface area contributed by atoms with Crippen LogP contribution in [0.15, 0.2) is 30.3 Å². The Kier molecular flexibility index (Phi) is 2.88. The topological polar surface area (TPSA) is 31.9 Å². The zero-order chi connectivity index (χ0) is 13.5. The van der Waals surface area contributed by atoms with Crippen molar-refractivity contribution in [1.82, 2.24) is 15.1 Å². The first-order chi connectivity index (χ1) is 9.81. The van der Waals surface area contributed by atoms with E-state index in [1.165, 1.54) is 54.9 Å². The van der Waals surface area contributed by atoms with E-state index in [-0.39, 0.29) is 0 Å². The Hall–Kier alpha value is -1.61. The van der Waals surface area contributed by atoms with Crippen LogP contribution in [0.2, 0.25) is 0 Å². The first-order valence-electron chi connectivity index (χ1n) is 7.61. The van der Waals surface area contributed by atoms with E-state index in [9.17, 15) is 0 Å². The van der Waals surface area contributed by atoms with E-state index >= 15 is 0 Å². The highest BCUT2D eigenvalue weighted by atomic mass is 15.1. The summed E-state index contributed by atoms with van der Waals surface area (Å²) in [6.07, 6.45) is 3.71. The lowest BCUT2D eigenvalue weighted by atomic mass is 9.73. The highest BCUT2D eigenvalue weighted by Gasteiger charge is 2.34. The molecule has 1 aromatic heterocycles. The molecule has 4 rings (SSSR count). The predicted octanol–water partition coefficient (Wildman–Crippen LogP) is 2.74. The van der Waals surface area contributed by atoms with Gasteiger partial charge in [-0.25, -0.2) is 0 Å². The summed E-state index contributed by atoms with van der Waals surface area (Å²) in [6, 6.07) is 10.6. The van der Waals surface area contributed by atoms with E-state index in [1.54, 1.807) is 0 Å². The highest BCUT2D eigenvalue weighted by molar-refractivity contribution is 5.64. The minimum atomic E-state index is 0.807. The number of hydrogen-bond acceptors (Lipinski definition) is 2. The summed E-state index contributed by atoms with van der Waals surface area (Å²) in [5.74, 6) is 1.66. The number of fused-ring (bicyclic) bond motifs is 2. The second-order valence-electron chi connectivity index (χ2n) is 6.37. The monoisotopic (exact) mass is 267 g/mol. The van der Waals surface area contributed by atoms with E-state index in [1.807, 2.05) is 0 Å². The van der Waals surface area contributed by atoms with Crippen molar-refractivity contribution in [3.63, 3.8) is 0 Å². The smallest absolute Gasteiger partial charge is 0.0955 e. The number of nitrogens with zero attached hydrogens (tertiary/aromatic N) is 2. The van der Waals surface area contributed by atoms with Gasteiger partial charge in [-0.1, -0.05) is 30.3 Å². The summed E-state index contributed by atoms with van der Waals surface area (Å²) < 4.78 is 0. The summed E-state index contributed by atoms with van der Waals surface area (Å²) in [7, 11) is 2.25. The van der Waals surface area contributed by atoms with Gasteiger partial charge in [-0.15, -0.1) is 0 Å². The average molecular weight is 267 g/mol. The maximum Gasteiger partial charge on any atom is 0.0955 e. The number of H-pyrrole nitrogens is 1. The number of hydrogen-bond donors (Lipinski definition) is 1. The molecule has 0 spiro atoms. The van der Waals surface area contributed by atoms with Crippen LogP contribution in [0, 0.1) is 11.8 Å². The van der Waals surface area contributed by atoms with Crippen LogP contribution in [-0.2, 0) is 12.8 Å². The van der Waals surface area contributed by atoms with Gasteiger partial charge < -0.3 is 4.90 Å². The van der Waals surface area contributed by atoms with Gasteiger partial charge in [-0.05, 0) is 44.7 Å². The molecule has 104 valence electrons. The van der Waals surface area contributed by atoms with Crippen molar-refractivity contribution >= 4 is 0 Å². The van der Waals surface area contributed by atoms with Crippen LogP contribution < -0.4 is 0 Å². The van der Waals surface area contributed by atoms with E-state index in [0.29, 0.717) is 0 Å². The van der Waals surface area contributed by atoms with Crippen LogP contribution in [0.1, 0.15) is 17.7 Å². The van der Waals surface area contributed by atoms with E-state index in [0.717, 1.165) is 11.8 Å². The largest absolute Gasteiger partial charge is 0.306 e. The van der Waals surface area contributed by atoms with Gasteiger partial charge in [0.25, 0.3) is 0 Å². The maximum absolute atomic E-state index is 4.61. The Bertz CT molecular complexity index is 602. The fourth-order valence-corrected chi connectivity index (χ4v) is 3.91. The van der Waals surface area contributed by atoms with Crippen LogP contribution in [0.25, 0.3) is 11.3 Å². The third-order valence-corrected chi connectivity index (χ3v) is 5.03. The van der Waals surface area contributed by atoms with Crippen molar-refractivity contribution in [3.05, 3.63) is 41.6 Å². The number of nitrogens with one attached hydrogen (secondary N) is 1. The Labute approximate surface area is 120 Å². The molecule has 1 fully saturated rings. The van der Waals surface area contributed by atoms with Crippen molar-refractivity contribution in [3.8, 4) is 11.3 Å². The second-order valence-corrected chi connectivity index (χ2v) is 6.37. The summed E-state index contributed by atoms with van der Waals surface area (Å²) in [5.41, 5.74) is 5.27. The molecule has 0 unspecified atom stereocenters. The zero-order valence-corrected chi connectivity index (χ0v) is 12.0. The fourth-order valence-electron chi connectivity index (χ4n) is 3.91. The number of piperidine rings is 1. The third kappa shape index (κ3) is 1.97. The van der Waals surface area contributed by atoms with Gasteiger partial charge in [-0.2, -0.15) is 5.10 Å². The van der Waals surface area contributed by atoms with Crippen LogP contribution in [0.4, 0.5) is 0 Å². The van der Waals surface area contributed by atoms with Gasteiger partial charge in [-0.3, -0.25) is 5.10 Å². The quantitative estimate of drug-likeness (QED) is 0.861.